The molecule has 2 aromatic rings. The molecule has 3 N–H and O–H groups in total. The van der Waals surface area contributed by atoms with E-state index in [0.29, 0.717) is 5.69 Å². The van der Waals surface area contributed by atoms with Gasteiger partial charge in [-0.3, -0.25) is 0 Å². The van der Waals surface area contributed by atoms with Crippen molar-refractivity contribution in [1.29, 1.82) is 0 Å². The highest BCUT2D eigenvalue weighted by Crippen LogP contribution is 2.27. The second-order valence-electron chi connectivity index (χ2n) is 4.47. The van der Waals surface area contributed by atoms with Crippen LogP contribution in [-0.4, -0.2) is 19.1 Å². The molecule has 0 saturated carbocycles. The van der Waals surface area contributed by atoms with Crippen molar-refractivity contribution >= 4 is 22.9 Å². The largest absolute Gasteiger partial charge is 0.397 e. The minimum Gasteiger partial charge on any atom is -0.397 e. The molecule has 0 aliphatic heterocycles. The fourth-order valence-corrected chi connectivity index (χ4v) is 1.82. The Morgan fingerprint density at radius 2 is 1.94 bits per heavy atom. The molecule has 4 heteroatoms. The summed E-state index contributed by atoms with van der Waals surface area (Å²) in [6.07, 6.45) is 1.66. The summed E-state index contributed by atoms with van der Waals surface area (Å²) in [5, 5.41) is 3.34. The molecule has 0 fully saturated rings. The van der Waals surface area contributed by atoms with E-state index >= 15 is 0 Å². The zero-order valence-electron chi connectivity index (χ0n) is 10.9. The van der Waals surface area contributed by atoms with Gasteiger partial charge in [0.15, 0.2) is 0 Å². The van der Waals surface area contributed by atoms with Crippen LogP contribution in [-0.2, 0) is 0 Å². The van der Waals surface area contributed by atoms with Crippen molar-refractivity contribution in [2.75, 3.05) is 30.0 Å². The Morgan fingerprint density at radius 1 is 1.22 bits per heavy atom. The van der Waals surface area contributed by atoms with E-state index in [1.54, 1.807) is 6.20 Å². The fourth-order valence-electron chi connectivity index (χ4n) is 1.82. The second-order valence-corrected chi connectivity index (χ2v) is 4.47. The summed E-state index contributed by atoms with van der Waals surface area (Å²) in [7, 11) is 4.04. The number of benzene rings is 1. The number of hydrogen-bond acceptors (Lipinski definition) is 4. The first-order valence-corrected chi connectivity index (χ1v) is 5.83. The molecule has 0 atom stereocenters. The number of rotatable bonds is 3. The summed E-state index contributed by atoms with van der Waals surface area (Å²) < 4.78 is 0. The zero-order chi connectivity index (χ0) is 13.1. The van der Waals surface area contributed by atoms with Crippen molar-refractivity contribution in [1.82, 2.24) is 4.98 Å². The number of nitrogens with one attached hydrogen (secondary N) is 1. The number of aryl methyl sites for hydroxylation is 1. The molecule has 18 heavy (non-hydrogen) atoms. The van der Waals surface area contributed by atoms with Gasteiger partial charge in [-0.05, 0) is 30.7 Å². The van der Waals surface area contributed by atoms with E-state index in [-0.39, 0.29) is 0 Å². The maximum absolute atomic E-state index is 5.70. The number of nitrogens with zero attached hydrogens (tertiary/aromatic N) is 2. The number of pyridine rings is 1. The van der Waals surface area contributed by atoms with E-state index < -0.39 is 0 Å². The van der Waals surface area contributed by atoms with Gasteiger partial charge >= 0.3 is 0 Å². The molecule has 94 valence electrons. The molecule has 0 aliphatic carbocycles. The van der Waals surface area contributed by atoms with E-state index in [2.05, 4.69) is 21.3 Å². The summed E-state index contributed by atoms with van der Waals surface area (Å²) in [4.78, 5) is 6.38. The zero-order valence-corrected chi connectivity index (χ0v) is 10.9. The van der Waals surface area contributed by atoms with Crippen LogP contribution >= 0.6 is 0 Å². The molecule has 1 aromatic heterocycles. The smallest absolute Gasteiger partial charge is 0.133 e. The third-order valence-electron chi connectivity index (χ3n) is 2.74. The van der Waals surface area contributed by atoms with E-state index in [0.717, 1.165) is 22.8 Å². The first-order chi connectivity index (χ1) is 8.58. The van der Waals surface area contributed by atoms with Crippen molar-refractivity contribution in [2.45, 2.75) is 6.92 Å². The van der Waals surface area contributed by atoms with Crippen LogP contribution in [0.5, 0.6) is 0 Å². The van der Waals surface area contributed by atoms with Gasteiger partial charge in [0.05, 0.1) is 23.3 Å². The monoisotopic (exact) mass is 242 g/mol. The summed E-state index contributed by atoms with van der Waals surface area (Å²) in [5.41, 5.74) is 9.56. The van der Waals surface area contributed by atoms with Gasteiger partial charge in [0.25, 0.3) is 0 Å². The van der Waals surface area contributed by atoms with Crippen molar-refractivity contribution in [3.05, 3.63) is 42.1 Å². The van der Waals surface area contributed by atoms with Crippen LogP contribution in [0.25, 0.3) is 0 Å². The molecular formula is C14H18N4. The fraction of sp³-hybridized carbons (Fsp3) is 0.214. The number of aromatic nitrogens is 1. The molecule has 1 aromatic carbocycles. The average Bonchev–Trinajstić information content (AvgIpc) is 2.33. The summed E-state index contributed by atoms with van der Waals surface area (Å²) in [6, 6.07) is 10.0. The highest BCUT2D eigenvalue weighted by atomic mass is 15.1. The molecule has 0 spiro atoms. The number of para-hydroxylation sites is 2. The Hall–Kier alpha value is -2.23. The summed E-state index contributed by atoms with van der Waals surface area (Å²) in [6.45, 7) is 1.99. The highest BCUT2D eigenvalue weighted by molar-refractivity contribution is 5.74. The normalized spacial score (nSPS) is 10.2. The van der Waals surface area contributed by atoms with Crippen molar-refractivity contribution in [3.63, 3.8) is 0 Å². The maximum atomic E-state index is 5.70. The molecule has 0 unspecified atom stereocenters. The standard InChI is InChI=1S/C14H18N4/c1-10-8-11(15)9-16-14(10)17-12-6-4-5-7-13(12)18(2)3/h4-9H,15H2,1-3H3,(H,16,17). The van der Waals surface area contributed by atoms with E-state index in [1.165, 1.54) is 0 Å². The minimum atomic E-state index is 0.680. The van der Waals surface area contributed by atoms with Crippen LogP contribution in [0.4, 0.5) is 22.9 Å². The molecule has 0 bridgehead atoms. The van der Waals surface area contributed by atoms with Gasteiger partial charge in [0.2, 0.25) is 0 Å². The van der Waals surface area contributed by atoms with Crippen molar-refractivity contribution in [2.24, 2.45) is 0 Å². The first-order valence-electron chi connectivity index (χ1n) is 5.83. The Bertz CT molecular complexity index is 549. The molecule has 0 amide bonds. The van der Waals surface area contributed by atoms with Crippen molar-refractivity contribution < 1.29 is 0 Å². The predicted molar refractivity (Wildman–Crippen MR) is 77.4 cm³/mol. The highest BCUT2D eigenvalue weighted by Gasteiger charge is 2.06. The van der Waals surface area contributed by atoms with Gasteiger partial charge in [-0.1, -0.05) is 12.1 Å². The van der Waals surface area contributed by atoms with Crippen LogP contribution in [0.1, 0.15) is 5.56 Å². The lowest BCUT2D eigenvalue weighted by atomic mass is 10.2. The lowest BCUT2D eigenvalue weighted by Crippen LogP contribution is -2.11. The van der Waals surface area contributed by atoms with Crippen LogP contribution < -0.4 is 16.0 Å². The van der Waals surface area contributed by atoms with Crippen LogP contribution in [0.3, 0.4) is 0 Å². The third kappa shape index (κ3) is 2.53. The first kappa shape index (κ1) is 12.2. The summed E-state index contributed by atoms with van der Waals surface area (Å²) in [5.74, 6) is 0.832. The van der Waals surface area contributed by atoms with Gasteiger partial charge in [0, 0.05) is 14.1 Å². The quantitative estimate of drug-likeness (QED) is 0.869. The number of nitrogens with two attached hydrogens (primary N) is 1. The number of hydrogen-bond donors (Lipinski definition) is 2. The lowest BCUT2D eigenvalue weighted by molar-refractivity contribution is 1.13. The molecule has 2 rings (SSSR count). The Balaban J connectivity index is 2.34. The van der Waals surface area contributed by atoms with E-state index in [1.807, 2.05) is 45.3 Å². The second kappa shape index (κ2) is 4.96. The molecule has 0 aliphatic rings. The summed E-state index contributed by atoms with van der Waals surface area (Å²) >= 11 is 0. The van der Waals surface area contributed by atoms with E-state index in [4.69, 9.17) is 5.73 Å². The van der Waals surface area contributed by atoms with Gasteiger partial charge in [-0.15, -0.1) is 0 Å². The molecule has 0 radical (unpaired) electrons. The molecular weight excluding hydrogens is 224 g/mol. The molecule has 0 saturated heterocycles. The van der Waals surface area contributed by atoms with Gasteiger partial charge < -0.3 is 16.0 Å². The predicted octanol–water partition coefficient (Wildman–Crippen LogP) is 2.78. The van der Waals surface area contributed by atoms with Crippen molar-refractivity contribution in [3.8, 4) is 0 Å². The minimum absolute atomic E-state index is 0.680. The Labute approximate surface area is 107 Å². The molecule has 1 heterocycles. The lowest BCUT2D eigenvalue weighted by Gasteiger charge is -2.18. The molecule has 4 nitrogen and oxygen atoms in total. The average molecular weight is 242 g/mol. The SMILES string of the molecule is Cc1cc(N)cnc1Nc1ccccc1N(C)C. The number of nitrogen functional groups attached to an aromatic ring is 1. The van der Waals surface area contributed by atoms with Crippen LogP contribution in [0, 0.1) is 6.92 Å². The maximum Gasteiger partial charge on any atom is 0.133 e. The van der Waals surface area contributed by atoms with Gasteiger partial charge in [-0.2, -0.15) is 0 Å². The topological polar surface area (TPSA) is 54.2 Å². The van der Waals surface area contributed by atoms with Gasteiger partial charge in [0.1, 0.15) is 5.82 Å². The van der Waals surface area contributed by atoms with E-state index in [9.17, 15) is 0 Å². The number of anilines is 4. The van der Waals surface area contributed by atoms with Crippen LogP contribution in [0.15, 0.2) is 36.5 Å². The third-order valence-corrected chi connectivity index (χ3v) is 2.74. The van der Waals surface area contributed by atoms with Gasteiger partial charge in [-0.25, -0.2) is 4.98 Å². The Kier molecular flexibility index (Phi) is 3.37. The van der Waals surface area contributed by atoms with Crippen LogP contribution in [0.2, 0.25) is 0 Å². The Morgan fingerprint density at radius 3 is 2.61 bits per heavy atom.